The van der Waals surface area contributed by atoms with Gasteiger partial charge in [-0.1, -0.05) is 160 Å². The van der Waals surface area contributed by atoms with Gasteiger partial charge in [-0.3, -0.25) is 19.2 Å². The summed E-state index contributed by atoms with van der Waals surface area (Å²) < 4.78 is 92.1. The molecule has 22 heteroatoms. The molecule has 10 aromatic rings. The van der Waals surface area contributed by atoms with E-state index in [1.807, 2.05) is 115 Å². The Hall–Kier alpha value is -12.2. The van der Waals surface area contributed by atoms with E-state index in [0.29, 0.717) is 103 Å². The second-order valence-electron chi connectivity index (χ2n) is 36.4. The topological polar surface area (TPSA) is 230 Å². The maximum absolute atomic E-state index is 15.0. The number of hydrogen-bond donors (Lipinski definition) is 2. The van der Waals surface area contributed by atoms with E-state index in [1.54, 1.807) is 42.5 Å². The van der Waals surface area contributed by atoms with Crippen LogP contribution >= 0.6 is 11.6 Å². The smallest absolute Gasteiger partial charge is 0.306 e. The molecule has 0 bridgehead atoms. The van der Waals surface area contributed by atoms with Crippen molar-refractivity contribution in [1.82, 2.24) is 15.0 Å². The Kier molecular flexibility index (Phi) is 34.5. The molecule has 0 spiro atoms. The van der Waals surface area contributed by atoms with Gasteiger partial charge in [0.1, 0.15) is 53.7 Å². The fourth-order valence-electron chi connectivity index (χ4n) is 19.7. The molecule has 17 rings (SSSR count). The van der Waals surface area contributed by atoms with E-state index in [9.17, 15) is 33.8 Å². The highest BCUT2D eigenvalue weighted by atomic mass is 35.5. The second-order valence-corrected chi connectivity index (χ2v) is 36.7. The van der Waals surface area contributed by atoms with Crippen LogP contribution in [0, 0.1) is 41.1 Å². The first-order valence-corrected chi connectivity index (χ1v) is 47.3. The number of aromatic hydroxyl groups is 2. The van der Waals surface area contributed by atoms with Gasteiger partial charge in [0, 0.05) is 57.0 Å². The van der Waals surface area contributed by atoms with Crippen LogP contribution in [-0.4, -0.2) is 98.8 Å². The number of ether oxygens (including phenoxy) is 9. The Morgan fingerprint density at radius 3 is 0.896 bits per heavy atom. The number of nitrogens with zero attached hydrogens (tertiary/aromatic N) is 3. The highest BCUT2D eigenvalue weighted by Gasteiger charge is 2.42. The molecule has 7 aromatic carbocycles. The number of esters is 4. The predicted molar refractivity (Wildman–Crippen MR) is 515 cm³/mol. The zero-order valence-corrected chi connectivity index (χ0v) is 78.8. The standard InChI is InChI=1S/2C33H36FNO4.C20H21ClFNO.2C13H16O3/c2*1-4-33(14-5-6-15-33)29-16-22(10-13-26(29)28-18-31(37-2)35-20-30(28)34)21-39-25-9-7-8-24(17-25)27(23-11-12-23)19-32(36)38-3;1-3-20(8-4-5-9-20)17-10-14(12-21)6-7-15(17)16-11-19(24-2)23-13-18(16)22;2*1-16-13(15)8-12(9-5-6-9)10-3-2-4-11(14)7-10/h2*4,7-10,13,16-18,20,23,27H,1,5-6,11-12,14-15,19,21H2,2-3H3;3,6-7,10-11,13H,1,4-5,8-9,12H2,2H3;2*2-4,7,9,12,14H,5-6,8H2,1H3/t2*27-;;2*12-/m10.10/s1. The van der Waals surface area contributed by atoms with Crippen molar-refractivity contribution in [1.29, 1.82) is 0 Å². The van der Waals surface area contributed by atoms with Crippen LogP contribution in [0.3, 0.4) is 0 Å². The minimum atomic E-state index is -0.382. The van der Waals surface area contributed by atoms with E-state index < -0.39 is 0 Å². The molecule has 0 amide bonds. The molecule has 2 N–H and O–H groups in total. The molecule has 7 aliphatic rings. The number of rotatable bonds is 35. The van der Waals surface area contributed by atoms with E-state index in [4.69, 9.17) is 54.2 Å². The van der Waals surface area contributed by atoms with Crippen LogP contribution in [0.4, 0.5) is 13.2 Å². The molecule has 0 radical (unpaired) electrons. The number of methoxy groups -OCH3 is 7. The highest BCUT2D eigenvalue weighted by Crippen LogP contribution is 2.53. The molecule has 3 heterocycles. The minimum Gasteiger partial charge on any atom is -0.508 e. The predicted octanol–water partition coefficient (Wildman–Crippen LogP) is 25.6. The van der Waals surface area contributed by atoms with Gasteiger partial charge in [0.2, 0.25) is 17.6 Å². The zero-order chi connectivity index (χ0) is 95.1. The van der Waals surface area contributed by atoms with Crippen LogP contribution in [0.5, 0.6) is 40.6 Å². The first-order valence-electron chi connectivity index (χ1n) is 46.7. The Labute approximate surface area is 791 Å². The van der Waals surface area contributed by atoms with Gasteiger partial charge in [-0.2, -0.15) is 0 Å². The Balaban J connectivity index is 0.000000149. The normalized spacial score (nSPS) is 16.7. The number of hydrogen-bond acceptors (Lipinski definition) is 18. The van der Waals surface area contributed by atoms with E-state index in [0.717, 1.165) is 212 Å². The maximum atomic E-state index is 15.0. The SMILES string of the molecule is C=CC1(c2cc(CCl)ccc2-c2cc(OC)ncc2F)CCCC1.C=CC1(c2cc(COc3cccc([C@@H](CC(=O)OC)C4CC4)c3)ccc2-c2cc(OC)ncc2F)CCCC1.C=CC1(c2cc(COc3cccc([C@H](CC(=O)OC)C4CC4)c3)ccc2-c2cc(OC)ncc2F)CCCC1.COC(=O)C[C@@H](c1cccc(O)c1)C1CC1.COC(=O)C[C@H](c1cccc(O)c1)C1CC1. The lowest BCUT2D eigenvalue weighted by Gasteiger charge is -2.29. The number of allylic oxidation sites excluding steroid dienone is 3. The summed E-state index contributed by atoms with van der Waals surface area (Å²) in [6.45, 7) is 13.2. The number of carbonyl (C=O) groups is 4. The number of phenols is 2. The molecule has 7 saturated carbocycles. The monoisotopic (exact) mass is 1840 g/mol. The van der Waals surface area contributed by atoms with Gasteiger partial charge < -0.3 is 52.8 Å². The fraction of sp³-hybridized carbons (Fsp3) is 0.402. The maximum Gasteiger partial charge on any atom is 0.306 e. The van der Waals surface area contributed by atoms with Crippen molar-refractivity contribution in [3.63, 3.8) is 0 Å². The summed E-state index contributed by atoms with van der Waals surface area (Å²) in [5.74, 6) is 4.63. The van der Waals surface area contributed by atoms with Crippen molar-refractivity contribution >= 4 is 35.5 Å². The van der Waals surface area contributed by atoms with Crippen LogP contribution < -0.4 is 23.7 Å². The number of carbonyl (C=O) groups excluding carboxylic acids is 4. The van der Waals surface area contributed by atoms with Gasteiger partial charge in [-0.25, -0.2) is 28.1 Å². The summed E-state index contributed by atoms with van der Waals surface area (Å²) in [6, 6.07) is 53.6. The molecule has 0 saturated heterocycles. The molecule has 0 aliphatic heterocycles. The summed E-state index contributed by atoms with van der Waals surface area (Å²) in [5, 5.41) is 18.9. The van der Waals surface area contributed by atoms with E-state index >= 15 is 8.78 Å². The molecule has 18 nitrogen and oxygen atoms in total. The van der Waals surface area contributed by atoms with Crippen molar-refractivity contribution in [2.75, 3.05) is 49.8 Å². The number of pyridine rings is 3. The lowest BCUT2D eigenvalue weighted by molar-refractivity contribution is -0.142. The summed E-state index contributed by atoms with van der Waals surface area (Å²) in [4.78, 5) is 58.7. The van der Waals surface area contributed by atoms with Crippen LogP contribution in [0.15, 0.2) is 226 Å². The highest BCUT2D eigenvalue weighted by molar-refractivity contribution is 6.17. The molecular weight excluding hydrogens is 1720 g/mol. The van der Waals surface area contributed by atoms with Crippen LogP contribution in [0.2, 0.25) is 0 Å². The van der Waals surface area contributed by atoms with E-state index in [1.165, 1.54) is 68.4 Å². The van der Waals surface area contributed by atoms with Gasteiger partial charge >= 0.3 is 23.9 Å². The van der Waals surface area contributed by atoms with Crippen LogP contribution in [0.1, 0.15) is 233 Å². The molecule has 134 heavy (non-hydrogen) atoms. The molecule has 3 aromatic heterocycles. The van der Waals surface area contributed by atoms with Crippen molar-refractivity contribution < 1.29 is 85.2 Å². The summed E-state index contributed by atoms with van der Waals surface area (Å²) >= 11 is 6.04. The largest absolute Gasteiger partial charge is 0.508 e. The number of halogens is 4. The second kappa shape index (κ2) is 46.6. The minimum absolute atomic E-state index is 0.125. The Bertz CT molecular complexity index is 5450. The third kappa shape index (κ3) is 25.4. The summed E-state index contributed by atoms with van der Waals surface area (Å²) in [6.07, 6.45) is 33.2. The average Bonchev–Trinajstić information content (AvgIpc) is 1.16. The zero-order valence-electron chi connectivity index (χ0n) is 78.0. The van der Waals surface area contributed by atoms with Gasteiger partial charge in [0.15, 0.2) is 0 Å². The quantitative estimate of drug-likeness (QED) is 0.0163. The first kappa shape index (κ1) is 99.3. The van der Waals surface area contributed by atoms with Crippen molar-refractivity contribution in [3.8, 4) is 74.0 Å². The van der Waals surface area contributed by atoms with Gasteiger partial charge in [0.05, 0.1) is 94.0 Å². The molecule has 4 atom stereocenters. The number of aromatic nitrogens is 3. The first-order chi connectivity index (χ1) is 64.9. The third-order valence-corrected chi connectivity index (χ3v) is 28.2. The lowest BCUT2D eigenvalue weighted by Crippen LogP contribution is -2.20. The number of phenolic OH excluding ortho intramolecular Hbond substituents is 2. The molecule has 7 fully saturated rings. The van der Waals surface area contributed by atoms with E-state index in [2.05, 4.69) is 65.0 Å². The van der Waals surface area contributed by atoms with Crippen LogP contribution in [-0.2, 0) is 73.5 Å². The van der Waals surface area contributed by atoms with E-state index in [-0.39, 0.29) is 92.7 Å². The average molecular weight is 1850 g/mol. The number of alkyl halides is 1. The van der Waals surface area contributed by atoms with Gasteiger partial charge in [0.25, 0.3) is 0 Å². The summed E-state index contributed by atoms with van der Waals surface area (Å²) in [5.41, 5.74) is 13.9. The third-order valence-electron chi connectivity index (χ3n) is 27.9. The molecular formula is C112H125ClF3N3O15. The van der Waals surface area contributed by atoms with Crippen molar-refractivity contribution in [3.05, 3.63) is 299 Å². The summed E-state index contributed by atoms with van der Waals surface area (Å²) in [7, 11) is 10.3. The Morgan fingerprint density at radius 2 is 0.642 bits per heavy atom. The molecule has 706 valence electrons. The van der Waals surface area contributed by atoms with Gasteiger partial charge in [-0.05, 0) is 258 Å². The van der Waals surface area contributed by atoms with Gasteiger partial charge in [-0.15, -0.1) is 31.3 Å². The van der Waals surface area contributed by atoms with Crippen molar-refractivity contribution in [2.45, 2.75) is 213 Å². The lowest BCUT2D eigenvalue weighted by atomic mass is 9.75. The Morgan fingerprint density at radius 1 is 0.373 bits per heavy atom. The van der Waals surface area contributed by atoms with Crippen molar-refractivity contribution in [2.24, 2.45) is 23.7 Å². The molecule has 0 unspecified atom stereocenters. The number of benzene rings is 7. The van der Waals surface area contributed by atoms with Crippen LogP contribution in [0.25, 0.3) is 33.4 Å². The fourth-order valence-corrected chi connectivity index (χ4v) is 19.9. The molecule has 7 aliphatic carbocycles.